The molecule has 0 fully saturated rings. The minimum atomic E-state index is -0.795. The lowest BCUT2D eigenvalue weighted by Crippen LogP contribution is -2.46. The molecule has 0 heterocycles. The Morgan fingerprint density at radius 3 is 2.35 bits per heavy atom. The van der Waals surface area contributed by atoms with Crippen LogP contribution in [0.2, 0.25) is 0 Å². The molecule has 2 amide bonds. The largest absolute Gasteiger partial charge is 0.493 e. The number of hydrogen-bond acceptors (Lipinski definition) is 5. The summed E-state index contributed by atoms with van der Waals surface area (Å²) < 4.78 is 16.1. The first-order chi connectivity index (χ1) is 15.0. The Morgan fingerprint density at radius 2 is 1.61 bits per heavy atom. The van der Waals surface area contributed by atoms with Crippen LogP contribution < -0.4 is 25.1 Å². The molecule has 1 unspecified atom stereocenters. The number of rotatable bonds is 7. The van der Waals surface area contributed by atoms with Crippen molar-refractivity contribution < 1.29 is 23.8 Å². The van der Waals surface area contributed by atoms with Gasteiger partial charge in [-0.3, -0.25) is 20.4 Å². The van der Waals surface area contributed by atoms with E-state index in [1.807, 2.05) is 36.4 Å². The molecule has 160 valence electrons. The number of benzene rings is 3. The van der Waals surface area contributed by atoms with E-state index >= 15 is 0 Å². The fourth-order valence-corrected chi connectivity index (χ4v) is 2.89. The second-order valence-corrected chi connectivity index (χ2v) is 6.70. The van der Waals surface area contributed by atoms with Crippen molar-refractivity contribution >= 4 is 28.7 Å². The number of carbonyl (C=O) groups excluding carboxylic acids is 2. The number of hydrazine groups is 1. The van der Waals surface area contributed by atoms with Gasteiger partial charge in [0.05, 0.1) is 14.2 Å². The third-order valence-electron chi connectivity index (χ3n) is 4.55. The van der Waals surface area contributed by atoms with Crippen LogP contribution in [0.15, 0.2) is 66.7 Å². The zero-order chi connectivity index (χ0) is 22.2. The number of carbonyl (C=O) groups is 2. The van der Waals surface area contributed by atoms with Crippen molar-refractivity contribution in [1.82, 2.24) is 10.9 Å². The lowest BCUT2D eigenvalue weighted by Gasteiger charge is -2.15. The molecular weight excluding hydrogens is 396 g/mol. The summed E-state index contributed by atoms with van der Waals surface area (Å²) in [4.78, 5) is 24.3. The Labute approximate surface area is 180 Å². The molecule has 0 aliphatic heterocycles. The predicted octanol–water partition coefficient (Wildman–Crippen LogP) is 3.49. The molecule has 2 N–H and O–H groups in total. The van der Waals surface area contributed by atoms with Crippen LogP contribution in [0.5, 0.6) is 17.2 Å². The molecule has 7 nitrogen and oxygen atoms in total. The normalized spacial score (nSPS) is 11.7. The number of ether oxygens (including phenoxy) is 3. The highest BCUT2D eigenvalue weighted by Gasteiger charge is 2.15. The van der Waals surface area contributed by atoms with Crippen LogP contribution in [0.3, 0.4) is 0 Å². The standard InChI is InChI=1S/C24H24N2O5/c1-16(31-20-11-10-18-6-4-5-7-19(18)15-20)24(28)26-25-23(27)13-9-17-8-12-21(29-2)22(14-17)30-3/h4-16H,1-3H3,(H,25,27)(H,26,28)/b13-9+. The predicted molar refractivity (Wildman–Crippen MR) is 119 cm³/mol. The molecule has 0 aromatic heterocycles. The van der Waals surface area contributed by atoms with Crippen LogP contribution in [-0.4, -0.2) is 32.1 Å². The highest BCUT2D eigenvalue weighted by atomic mass is 16.5. The van der Waals surface area contributed by atoms with Crippen LogP contribution >= 0.6 is 0 Å². The van der Waals surface area contributed by atoms with E-state index in [4.69, 9.17) is 14.2 Å². The highest BCUT2D eigenvalue weighted by Crippen LogP contribution is 2.28. The van der Waals surface area contributed by atoms with Crippen molar-refractivity contribution in [2.45, 2.75) is 13.0 Å². The average molecular weight is 420 g/mol. The van der Waals surface area contributed by atoms with Crippen LogP contribution in [-0.2, 0) is 9.59 Å². The summed E-state index contributed by atoms with van der Waals surface area (Å²) in [6, 6.07) is 18.7. The number of nitrogens with one attached hydrogen (secondary N) is 2. The van der Waals surface area contributed by atoms with Crippen LogP contribution in [0, 0.1) is 0 Å². The smallest absolute Gasteiger partial charge is 0.279 e. The highest BCUT2D eigenvalue weighted by molar-refractivity contribution is 5.93. The van der Waals surface area contributed by atoms with Gasteiger partial charge in [0, 0.05) is 6.08 Å². The zero-order valence-electron chi connectivity index (χ0n) is 17.5. The first kappa shape index (κ1) is 21.7. The van der Waals surface area contributed by atoms with Crippen molar-refractivity contribution in [2.24, 2.45) is 0 Å². The molecule has 3 rings (SSSR count). The second-order valence-electron chi connectivity index (χ2n) is 6.70. The van der Waals surface area contributed by atoms with Gasteiger partial charge in [-0.15, -0.1) is 0 Å². The maximum atomic E-state index is 12.2. The SMILES string of the molecule is COc1ccc(/C=C/C(=O)NNC(=O)C(C)Oc2ccc3ccccc3c2)cc1OC. The molecule has 1 atom stereocenters. The van der Waals surface area contributed by atoms with Crippen molar-refractivity contribution in [3.63, 3.8) is 0 Å². The van der Waals surface area contributed by atoms with E-state index in [9.17, 15) is 9.59 Å². The van der Waals surface area contributed by atoms with E-state index in [2.05, 4.69) is 10.9 Å². The van der Waals surface area contributed by atoms with Gasteiger partial charge in [-0.25, -0.2) is 0 Å². The fourth-order valence-electron chi connectivity index (χ4n) is 2.89. The summed E-state index contributed by atoms with van der Waals surface area (Å²) in [5.74, 6) is 0.762. The monoisotopic (exact) mass is 420 g/mol. The minimum absolute atomic E-state index is 0.471. The van der Waals surface area contributed by atoms with Gasteiger partial charge >= 0.3 is 0 Å². The summed E-state index contributed by atoms with van der Waals surface area (Å²) in [5.41, 5.74) is 5.44. The van der Waals surface area contributed by atoms with Crippen LogP contribution in [0.1, 0.15) is 12.5 Å². The minimum Gasteiger partial charge on any atom is -0.493 e. The van der Waals surface area contributed by atoms with E-state index in [0.29, 0.717) is 17.2 Å². The number of hydrogen-bond donors (Lipinski definition) is 2. The third kappa shape index (κ3) is 5.76. The number of fused-ring (bicyclic) bond motifs is 1. The average Bonchev–Trinajstić information content (AvgIpc) is 2.80. The van der Waals surface area contributed by atoms with Gasteiger partial charge in [0.2, 0.25) is 0 Å². The topological polar surface area (TPSA) is 85.9 Å². The Morgan fingerprint density at radius 1 is 0.871 bits per heavy atom. The molecule has 0 aliphatic carbocycles. The lowest BCUT2D eigenvalue weighted by molar-refractivity contribution is -0.131. The van der Waals surface area contributed by atoms with Gasteiger partial charge < -0.3 is 14.2 Å². The van der Waals surface area contributed by atoms with Crippen molar-refractivity contribution in [1.29, 1.82) is 0 Å². The maximum Gasteiger partial charge on any atom is 0.279 e. The maximum absolute atomic E-state index is 12.2. The summed E-state index contributed by atoms with van der Waals surface area (Å²) in [5, 5.41) is 2.10. The Balaban J connectivity index is 1.52. The first-order valence-corrected chi connectivity index (χ1v) is 9.65. The molecule has 0 aliphatic rings. The fraction of sp³-hybridized carbons (Fsp3) is 0.167. The molecule has 0 spiro atoms. The molecule has 3 aromatic rings. The second kappa shape index (κ2) is 10.2. The zero-order valence-corrected chi connectivity index (χ0v) is 17.5. The van der Waals surface area contributed by atoms with E-state index in [0.717, 1.165) is 16.3 Å². The van der Waals surface area contributed by atoms with Crippen molar-refractivity contribution in [2.75, 3.05) is 14.2 Å². The van der Waals surface area contributed by atoms with Crippen LogP contribution in [0.25, 0.3) is 16.8 Å². The van der Waals surface area contributed by atoms with Gasteiger partial charge in [0.1, 0.15) is 5.75 Å². The quantitative estimate of drug-likeness (QED) is 0.451. The van der Waals surface area contributed by atoms with E-state index in [1.165, 1.54) is 13.2 Å². The molecule has 0 radical (unpaired) electrons. The third-order valence-corrected chi connectivity index (χ3v) is 4.55. The molecule has 3 aromatic carbocycles. The molecule has 0 saturated heterocycles. The molecule has 31 heavy (non-hydrogen) atoms. The van der Waals surface area contributed by atoms with Gasteiger partial charge in [-0.2, -0.15) is 0 Å². The van der Waals surface area contributed by atoms with Gasteiger partial charge in [0.25, 0.3) is 11.8 Å². The summed E-state index contributed by atoms with van der Waals surface area (Å²) >= 11 is 0. The van der Waals surface area contributed by atoms with Gasteiger partial charge in [0.15, 0.2) is 17.6 Å². The molecule has 0 saturated carbocycles. The lowest BCUT2D eigenvalue weighted by atomic mass is 10.1. The Hall–Kier alpha value is -4.00. The number of amides is 2. The molecule has 7 heteroatoms. The van der Waals surface area contributed by atoms with Crippen molar-refractivity contribution in [3.05, 3.63) is 72.3 Å². The summed E-state index contributed by atoms with van der Waals surface area (Å²) in [6.07, 6.45) is 2.10. The first-order valence-electron chi connectivity index (χ1n) is 9.65. The van der Waals surface area contributed by atoms with Crippen molar-refractivity contribution in [3.8, 4) is 17.2 Å². The summed E-state index contributed by atoms with van der Waals surface area (Å²) in [7, 11) is 3.09. The van der Waals surface area contributed by atoms with E-state index < -0.39 is 17.9 Å². The van der Waals surface area contributed by atoms with E-state index in [1.54, 1.807) is 44.4 Å². The molecule has 0 bridgehead atoms. The Bertz CT molecular complexity index is 1110. The Kier molecular flexibility index (Phi) is 7.11. The summed E-state index contributed by atoms with van der Waals surface area (Å²) in [6.45, 7) is 1.61. The van der Waals surface area contributed by atoms with Gasteiger partial charge in [-0.1, -0.05) is 36.4 Å². The van der Waals surface area contributed by atoms with E-state index in [-0.39, 0.29) is 0 Å². The number of methoxy groups -OCH3 is 2. The van der Waals surface area contributed by atoms with Crippen LogP contribution in [0.4, 0.5) is 0 Å². The molecular formula is C24H24N2O5. The van der Waals surface area contributed by atoms with Gasteiger partial charge in [-0.05, 0) is 53.6 Å².